The summed E-state index contributed by atoms with van der Waals surface area (Å²) in [5.74, 6) is 0. The Morgan fingerprint density at radius 2 is 0.550 bits per heavy atom. The molecule has 0 heterocycles. The summed E-state index contributed by atoms with van der Waals surface area (Å²) >= 11 is 0. The molecule has 9 aromatic rings. The molecule has 0 aromatic heterocycles. The number of hydrogen-bond acceptors (Lipinski definition) is 4. The van der Waals surface area contributed by atoms with Gasteiger partial charge in [0, 0.05) is 55.7 Å². The van der Waals surface area contributed by atoms with Crippen LogP contribution in [0.1, 0.15) is 33.4 Å². The van der Waals surface area contributed by atoms with Crippen LogP contribution in [0.2, 0.25) is 0 Å². The fourth-order valence-corrected chi connectivity index (χ4v) is 7.77. The van der Waals surface area contributed by atoms with Crippen molar-refractivity contribution in [1.29, 1.82) is 10.5 Å². The quantitative estimate of drug-likeness (QED) is 0.103. The molecule has 282 valence electrons. The summed E-state index contributed by atoms with van der Waals surface area (Å²) in [6.07, 6.45) is 8.27. The van der Waals surface area contributed by atoms with Crippen LogP contribution in [0.4, 0.5) is 34.1 Å². The van der Waals surface area contributed by atoms with Gasteiger partial charge in [-0.15, -0.1) is 0 Å². The van der Waals surface area contributed by atoms with Crippen LogP contribution >= 0.6 is 0 Å². The molecule has 0 spiro atoms. The van der Waals surface area contributed by atoms with Gasteiger partial charge in [-0.1, -0.05) is 146 Å². The summed E-state index contributed by atoms with van der Waals surface area (Å²) in [5.41, 5.74) is 11.6. The van der Waals surface area contributed by atoms with E-state index in [1.807, 2.05) is 60.7 Å². The molecule has 0 N–H and O–H groups in total. The van der Waals surface area contributed by atoms with Gasteiger partial charge in [0.25, 0.3) is 0 Å². The Bertz CT molecular complexity index is 2790. The monoisotopic (exact) mass is 766 g/mol. The van der Waals surface area contributed by atoms with Crippen LogP contribution in [0.3, 0.4) is 0 Å². The normalized spacial score (nSPS) is 11.2. The first-order valence-corrected chi connectivity index (χ1v) is 19.9. The first-order valence-electron chi connectivity index (χ1n) is 19.9. The highest BCUT2D eigenvalue weighted by atomic mass is 15.1. The number of para-hydroxylation sites is 4. The highest BCUT2D eigenvalue weighted by molar-refractivity contribution is 6.10. The van der Waals surface area contributed by atoms with Crippen molar-refractivity contribution in [3.05, 3.63) is 240 Å². The molecule has 4 heteroatoms. The first kappa shape index (κ1) is 37.2. The third-order valence-electron chi connectivity index (χ3n) is 10.7. The average molecular weight is 767 g/mol. The van der Waals surface area contributed by atoms with Gasteiger partial charge in [0.15, 0.2) is 0 Å². The fourth-order valence-electron chi connectivity index (χ4n) is 7.77. The minimum absolute atomic E-state index is 0.557. The predicted octanol–water partition coefficient (Wildman–Crippen LogP) is 15.0. The van der Waals surface area contributed by atoms with Crippen LogP contribution in [0.5, 0.6) is 0 Å². The van der Waals surface area contributed by atoms with Gasteiger partial charge in [-0.2, -0.15) is 10.5 Å². The van der Waals surface area contributed by atoms with Crippen molar-refractivity contribution in [2.24, 2.45) is 0 Å². The molecule has 0 aliphatic carbocycles. The molecule has 9 rings (SSSR count). The van der Waals surface area contributed by atoms with Crippen molar-refractivity contribution in [2.75, 3.05) is 9.80 Å². The molecule has 0 saturated carbocycles. The van der Waals surface area contributed by atoms with Gasteiger partial charge in [0.1, 0.15) is 12.1 Å². The van der Waals surface area contributed by atoms with E-state index in [1.165, 1.54) is 0 Å². The number of hydrogen-bond donors (Lipinski definition) is 0. The highest BCUT2D eigenvalue weighted by Gasteiger charge is 2.16. The zero-order chi connectivity index (χ0) is 40.7. The lowest BCUT2D eigenvalue weighted by Crippen LogP contribution is -2.09. The maximum absolute atomic E-state index is 10.6. The number of fused-ring (bicyclic) bond motifs is 2. The van der Waals surface area contributed by atoms with Crippen LogP contribution in [0.15, 0.2) is 206 Å². The minimum Gasteiger partial charge on any atom is -0.311 e. The Kier molecular flexibility index (Phi) is 10.5. The van der Waals surface area contributed by atoms with E-state index in [0.717, 1.165) is 77.9 Å². The number of rotatable bonds is 10. The van der Waals surface area contributed by atoms with Crippen molar-refractivity contribution in [3.63, 3.8) is 0 Å². The lowest BCUT2D eigenvalue weighted by Gasteiger charge is -2.25. The lowest BCUT2D eigenvalue weighted by atomic mass is 9.90. The van der Waals surface area contributed by atoms with E-state index in [-0.39, 0.29) is 0 Å². The Balaban J connectivity index is 0.992. The average Bonchev–Trinajstić information content (AvgIpc) is 3.31. The SMILES string of the molecule is N#Cc1c2ccc(C=Cc3ccc(N(c4ccccc4)c4ccccc4)cc3)cc2c(C#N)c2cc(C=Cc3ccc(N(c4ccccc4)c4ccccc4)cc3)ccc12. The smallest absolute Gasteiger partial charge is 0.100 e. The Morgan fingerprint density at radius 3 is 0.867 bits per heavy atom. The van der Waals surface area contributed by atoms with Crippen LogP contribution in [-0.4, -0.2) is 0 Å². The second-order valence-corrected chi connectivity index (χ2v) is 14.4. The molecule has 0 radical (unpaired) electrons. The summed E-state index contributed by atoms with van der Waals surface area (Å²) in [7, 11) is 0. The van der Waals surface area contributed by atoms with Gasteiger partial charge in [0.05, 0.1) is 11.1 Å². The Morgan fingerprint density at radius 1 is 0.283 bits per heavy atom. The molecule has 0 fully saturated rings. The van der Waals surface area contributed by atoms with Crippen LogP contribution in [-0.2, 0) is 0 Å². The third kappa shape index (κ3) is 7.65. The van der Waals surface area contributed by atoms with Gasteiger partial charge < -0.3 is 9.80 Å². The molecular weight excluding hydrogens is 729 g/mol. The molecule has 0 unspecified atom stereocenters. The summed E-state index contributed by atoms with van der Waals surface area (Å²) < 4.78 is 0. The van der Waals surface area contributed by atoms with Gasteiger partial charge in [-0.25, -0.2) is 0 Å². The first-order chi connectivity index (χ1) is 29.7. The number of nitrogens with zero attached hydrogens (tertiary/aromatic N) is 4. The molecule has 0 aliphatic heterocycles. The second kappa shape index (κ2) is 17.0. The summed E-state index contributed by atoms with van der Waals surface area (Å²) in [5, 5.41) is 24.0. The third-order valence-corrected chi connectivity index (χ3v) is 10.7. The van der Waals surface area contributed by atoms with E-state index in [0.29, 0.717) is 11.1 Å². The van der Waals surface area contributed by atoms with Crippen molar-refractivity contribution in [3.8, 4) is 12.1 Å². The predicted molar refractivity (Wildman–Crippen MR) is 251 cm³/mol. The maximum atomic E-state index is 10.6. The van der Waals surface area contributed by atoms with Crippen molar-refractivity contribution >= 4 is 80.0 Å². The van der Waals surface area contributed by atoms with Gasteiger partial charge in [-0.3, -0.25) is 0 Å². The molecule has 9 aromatic carbocycles. The zero-order valence-corrected chi connectivity index (χ0v) is 32.7. The second-order valence-electron chi connectivity index (χ2n) is 14.4. The summed E-state index contributed by atoms with van der Waals surface area (Å²) in [4.78, 5) is 4.48. The van der Waals surface area contributed by atoms with Crippen LogP contribution < -0.4 is 9.80 Å². The topological polar surface area (TPSA) is 54.1 Å². The Labute approximate surface area is 350 Å². The molecule has 0 aliphatic rings. The van der Waals surface area contributed by atoms with Crippen molar-refractivity contribution < 1.29 is 0 Å². The summed E-state index contributed by atoms with van der Waals surface area (Å²) in [6, 6.07) is 75.3. The molecule has 60 heavy (non-hydrogen) atoms. The zero-order valence-electron chi connectivity index (χ0n) is 32.7. The molecule has 0 amide bonds. The van der Waals surface area contributed by atoms with E-state index >= 15 is 0 Å². The molecule has 0 atom stereocenters. The van der Waals surface area contributed by atoms with Gasteiger partial charge in [0.2, 0.25) is 0 Å². The van der Waals surface area contributed by atoms with E-state index in [2.05, 4.69) is 192 Å². The maximum Gasteiger partial charge on any atom is 0.100 e. The molecule has 4 nitrogen and oxygen atoms in total. The minimum atomic E-state index is 0.557. The summed E-state index contributed by atoms with van der Waals surface area (Å²) in [6.45, 7) is 0. The largest absolute Gasteiger partial charge is 0.311 e. The van der Waals surface area contributed by atoms with E-state index in [1.54, 1.807) is 0 Å². The lowest BCUT2D eigenvalue weighted by molar-refractivity contribution is 1.28. The molecular formula is C56H38N4. The van der Waals surface area contributed by atoms with Crippen molar-refractivity contribution in [2.45, 2.75) is 0 Å². The highest BCUT2D eigenvalue weighted by Crippen LogP contribution is 2.37. The van der Waals surface area contributed by atoms with E-state index in [4.69, 9.17) is 0 Å². The standard InChI is InChI=1S/C56H38N4/c57-39-55-51-35-29-43(23-21-41-25-31-49(32-26-41)59(45-13-5-1-6-14-45)46-15-7-2-8-16-46)37-53(51)56(40-58)54-38-44(30-36-52(54)55)24-22-42-27-33-50(34-28-42)60(47-17-9-3-10-18-47)48-19-11-4-12-20-48/h1-38H. The fraction of sp³-hybridized carbons (Fsp3) is 0. The van der Waals surface area contributed by atoms with E-state index in [9.17, 15) is 10.5 Å². The Hall–Kier alpha value is -8.44. The number of benzene rings is 9. The van der Waals surface area contributed by atoms with Gasteiger partial charge in [-0.05, 0) is 107 Å². The van der Waals surface area contributed by atoms with Crippen LogP contribution in [0.25, 0.3) is 45.8 Å². The van der Waals surface area contributed by atoms with Crippen molar-refractivity contribution in [1.82, 2.24) is 0 Å². The molecule has 0 saturated heterocycles. The van der Waals surface area contributed by atoms with E-state index < -0.39 is 0 Å². The van der Waals surface area contributed by atoms with Crippen LogP contribution in [0, 0.1) is 22.7 Å². The van der Waals surface area contributed by atoms with Gasteiger partial charge >= 0.3 is 0 Å². The molecule has 0 bridgehead atoms. The number of nitriles is 2. The number of anilines is 6.